The van der Waals surface area contributed by atoms with Gasteiger partial charge in [0.2, 0.25) is 5.88 Å². The monoisotopic (exact) mass is 254 g/mol. The van der Waals surface area contributed by atoms with Crippen molar-refractivity contribution in [3.05, 3.63) is 42.1 Å². The average Bonchev–Trinajstić information content (AvgIpc) is 2.93. The number of nitriles is 1. The lowest BCUT2D eigenvalue weighted by Crippen LogP contribution is -2.24. The minimum Gasteiger partial charge on any atom is -0.477 e. The van der Waals surface area contributed by atoms with Crippen LogP contribution in [0, 0.1) is 17.2 Å². The van der Waals surface area contributed by atoms with Crippen LogP contribution >= 0.6 is 0 Å². The van der Waals surface area contributed by atoms with E-state index in [0.29, 0.717) is 24.0 Å². The quantitative estimate of drug-likeness (QED) is 0.837. The maximum atomic E-state index is 8.82. The van der Waals surface area contributed by atoms with Crippen molar-refractivity contribution in [3.63, 3.8) is 0 Å². The first-order chi connectivity index (χ1) is 9.35. The predicted molar refractivity (Wildman–Crippen MR) is 68.5 cm³/mol. The Hall–Kier alpha value is -2.35. The molecule has 0 amide bonds. The molecule has 0 radical (unpaired) electrons. The zero-order chi connectivity index (χ0) is 13.1. The lowest BCUT2D eigenvalue weighted by Gasteiger charge is -2.23. The van der Waals surface area contributed by atoms with Crippen molar-refractivity contribution in [3.8, 4) is 11.9 Å². The lowest BCUT2D eigenvalue weighted by molar-refractivity contribution is 0.212. The van der Waals surface area contributed by atoms with E-state index < -0.39 is 0 Å². The van der Waals surface area contributed by atoms with Gasteiger partial charge in [0.05, 0.1) is 18.2 Å². The summed E-state index contributed by atoms with van der Waals surface area (Å²) in [5.41, 5.74) is 0.573. The molecule has 0 aromatic carbocycles. The predicted octanol–water partition coefficient (Wildman–Crippen LogP) is 1.79. The third-order valence-corrected chi connectivity index (χ3v) is 3.38. The molecule has 0 N–H and O–H groups in total. The van der Waals surface area contributed by atoms with Crippen molar-refractivity contribution in [1.29, 1.82) is 5.26 Å². The van der Waals surface area contributed by atoms with Gasteiger partial charge in [-0.15, -0.1) is 0 Å². The lowest BCUT2D eigenvalue weighted by atomic mass is 9.99. The van der Waals surface area contributed by atoms with Gasteiger partial charge in [-0.05, 0) is 12.5 Å². The van der Waals surface area contributed by atoms with Gasteiger partial charge >= 0.3 is 0 Å². The van der Waals surface area contributed by atoms with Crippen molar-refractivity contribution in [1.82, 2.24) is 14.5 Å². The maximum absolute atomic E-state index is 8.82. The molecule has 1 aliphatic rings. The molecule has 2 aromatic heterocycles. The molecule has 5 heteroatoms. The molecule has 0 fully saturated rings. The Balaban J connectivity index is 1.60. The number of fused-ring (bicyclic) bond motifs is 1. The average molecular weight is 254 g/mol. The molecule has 0 saturated carbocycles. The molecule has 96 valence electrons. The van der Waals surface area contributed by atoms with Crippen LogP contribution in [0.5, 0.6) is 5.88 Å². The summed E-state index contributed by atoms with van der Waals surface area (Å²) in [5, 5.41) is 8.82. The Morgan fingerprint density at radius 1 is 1.42 bits per heavy atom. The largest absolute Gasteiger partial charge is 0.477 e. The second kappa shape index (κ2) is 5.11. The molecule has 0 aliphatic carbocycles. The van der Waals surface area contributed by atoms with Crippen LogP contribution in [0.3, 0.4) is 0 Å². The van der Waals surface area contributed by atoms with Crippen molar-refractivity contribution < 1.29 is 4.74 Å². The topological polar surface area (TPSA) is 63.7 Å². The first kappa shape index (κ1) is 11.7. The van der Waals surface area contributed by atoms with E-state index in [1.807, 2.05) is 12.4 Å². The van der Waals surface area contributed by atoms with E-state index in [2.05, 4.69) is 20.6 Å². The van der Waals surface area contributed by atoms with Crippen LogP contribution in [0.15, 0.2) is 30.7 Å². The molecule has 1 aliphatic heterocycles. The highest BCUT2D eigenvalue weighted by Crippen LogP contribution is 2.20. The van der Waals surface area contributed by atoms with Crippen molar-refractivity contribution in [2.75, 3.05) is 6.61 Å². The number of pyridine rings is 1. The highest BCUT2D eigenvalue weighted by Gasteiger charge is 2.19. The molecule has 19 heavy (non-hydrogen) atoms. The number of aryl methyl sites for hydroxylation is 1. The number of ether oxygens (including phenoxy) is 1. The Labute approximate surface area is 111 Å². The normalized spacial score (nSPS) is 17.5. The molecule has 0 bridgehead atoms. The zero-order valence-electron chi connectivity index (χ0n) is 10.5. The zero-order valence-corrected chi connectivity index (χ0v) is 10.5. The fourth-order valence-electron chi connectivity index (χ4n) is 2.32. The van der Waals surface area contributed by atoms with E-state index in [1.54, 1.807) is 18.3 Å². The van der Waals surface area contributed by atoms with Gasteiger partial charge in [0, 0.05) is 43.5 Å². The summed E-state index contributed by atoms with van der Waals surface area (Å²) >= 11 is 0. The van der Waals surface area contributed by atoms with E-state index in [1.165, 1.54) is 0 Å². The summed E-state index contributed by atoms with van der Waals surface area (Å²) < 4.78 is 7.87. The van der Waals surface area contributed by atoms with Crippen molar-refractivity contribution in [2.24, 2.45) is 5.92 Å². The van der Waals surface area contributed by atoms with E-state index in [4.69, 9.17) is 10.00 Å². The van der Waals surface area contributed by atoms with Gasteiger partial charge in [-0.25, -0.2) is 9.97 Å². The highest BCUT2D eigenvalue weighted by atomic mass is 16.5. The van der Waals surface area contributed by atoms with E-state index >= 15 is 0 Å². The Kier molecular flexibility index (Phi) is 3.15. The van der Waals surface area contributed by atoms with Crippen LogP contribution in [0.1, 0.15) is 17.8 Å². The second-order valence-electron chi connectivity index (χ2n) is 4.70. The van der Waals surface area contributed by atoms with Gasteiger partial charge in [0.15, 0.2) is 0 Å². The summed E-state index contributed by atoms with van der Waals surface area (Å²) in [6.07, 6.45) is 7.48. The van der Waals surface area contributed by atoms with Gasteiger partial charge in [-0.3, -0.25) is 0 Å². The van der Waals surface area contributed by atoms with Gasteiger partial charge in [-0.2, -0.15) is 5.26 Å². The Morgan fingerprint density at radius 3 is 3.26 bits per heavy atom. The highest BCUT2D eigenvalue weighted by molar-refractivity contribution is 5.31. The van der Waals surface area contributed by atoms with E-state index in [0.717, 1.165) is 25.2 Å². The van der Waals surface area contributed by atoms with Gasteiger partial charge in [-0.1, -0.05) is 0 Å². The molecule has 1 atom stereocenters. The van der Waals surface area contributed by atoms with Crippen LogP contribution in [0.2, 0.25) is 0 Å². The van der Waals surface area contributed by atoms with E-state index in [-0.39, 0.29) is 0 Å². The SMILES string of the molecule is N#Cc1ccnc(OCC2CCn3ccnc3C2)c1. The van der Waals surface area contributed by atoms with Crippen LogP contribution in [-0.4, -0.2) is 21.1 Å². The fraction of sp³-hybridized carbons (Fsp3) is 0.357. The van der Waals surface area contributed by atoms with Crippen LogP contribution < -0.4 is 4.74 Å². The first-order valence-electron chi connectivity index (χ1n) is 6.34. The minimum absolute atomic E-state index is 0.461. The van der Waals surface area contributed by atoms with Gasteiger partial charge in [0.1, 0.15) is 5.82 Å². The van der Waals surface area contributed by atoms with Gasteiger partial charge < -0.3 is 9.30 Å². The summed E-state index contributed by atoms with van der Waals surface area (Å²) in [5.74, 6) is 2.11. The molecular formula is C14H14N4O. The molecule has 3 heterocycles. The third-order valence-electron chi connectivity index (χ3n) is 3.38. The Bertz CT molecular complexity index is 614. The van der Waals surface area contributed by atoms with Crippen molar-refractivity contribution in [2.45, 2.75) is 19.4 Å². The number of hydrogen-bond donors (Lipinski definition) is 0. The number of aromatic nitrogens is 3. The fourth-order valence-corrected chi connectivity index (χ4v) is 2.32. The molecular weight excluding hydrogens is 240 g/mol. The number of rotatable bonds is 3. The van der Waals surface area contributed by atoms with Crippen molar-refractivity contribution >= 4 is 0 Å². The minimum atomic E-state index is 0.461. The molecule has 0 spiro atoms. The molecule has 5 nitrogen and oxygen atoms in total. The molecule has 0 saturated heterocycles. The molecule has 1 unspecified atom stereocenters. The van der Waals surface area contributed by atoms with Crippen LogP contribution in [0.4, 0.5) is 0 Å². The number of imidazole rings is 1. The number of nitrogens with zero attached hydrogens (tertiary/aromatic N) is 4. The number of hydrogen-bond acceptors (Lipinski definition) is 4. The van der Waals surface area contributed by atoms with Gasteiger partial charge in [0.25, 0.3) is 0 Å². The summed E-state index contributed by atoms with van der Waals surface area (Å²) in [4.78, 5) is 8.45. The Morgan fingerprint density at radius 2 is 2.37 bits per heavy atom. The summed E-state index contributed by atoms with van der Waals surface area (Å²) in [7, 11) is 0. The maximum Gasteiger partial charge on any atom is 0.214 e. The summed E-state index contributed by atoms with van der Waals surface area (Å²) in [6.45, 7) is 1.61. The second-order valence-corrected chi connectivity index (χ2v) is 4.70. The first-order valence-corrected chi connectivity index (χ1v) is 6.34. The molecule has 3 rings (SSSR count). The van der Waals surface area contributed by atoms with Crippen LogP contribution in [0.25, 0.3) is 0 Å². The van der Waals surface area contributed by atoms with E-state index in [9.17, 15) is 0 Å². The molecule has 2 aromatic rings. The van der Waals surface area contributed by atoms with Crippen LogP contribution in [-0.2, 0) is 13.0 Å². The summed E-state index contributed by atoms with van der Waals surface area (Å²) in [6, 6.07) is 5.42. The third kappa shape index (κ3) is 2.58. The standard InChI is InChI=1S/C14H14N4O/c15-9-11-1-3-17-14(8-11)19-10-12-2-5-18-6-4-16-13(18)7-12/h1,3-4,6,8,12H,2,5,7,10H2. The smallest absolute Gasteiger partial charge is 0.214 e.